The summed E-state index contributed by atoms with van der Waals surface area (Å²) < 4.78 is 0. The summed E-state index contributed by atoms with van der Waals surface area (Å²) in [5.41, 5.74) is 2.74. The van der Waals surface area contributed by atoms with Crippen molar-refractivity contribution in [1.29, 1.82) is 0 Å². The molecule has 1 aromatic heterocycles. The van der Waals surface area contributed by atoms with Crippen LogP contribution in [0.15, 0.2) is 54.6 Å². The molecule has 0 saturated heterocycles. The minimum atomic E-state index is -0.833. The van der Waals surface area contributed by atoms with E-state index in [2.05, 4.69) is 15.3 Å². The van der Waals surface area contributed by atoms with Gasteiger partial charge in [-0.15, -0.1) is 0 Å². The average Bonchev–Trinajstić information content (AvgIpc) is 2.96. The van der Waals surface area contributed by atoms with Gasteiger partial charge in [-0.3, -0.25) is 4.79 Å². The number of rotatable bonds is 6. The molecule has 0 aliphatic heterocycles. The minimum Gasteiger partial charge on any atom is -0.481 e. The number of carboxylic acids is 1. The Morgan fingerprint density at radius 3 is 2.59 bits per heavy atom. The normalized spacial score (nSPS) is 12.2. The molecular weight excluding hydrogens is 278 g/mol. The summed E-state index contributed by atoms with van der Waals surface area (Å²) in [6, 6.07) is 17.4. The first-order valence-electron chi connectivity index (χ1n) is 7.18. The largest absolute Gasteiger partial charge is 0.481 e. The fourth-order valence-electron chi connectivity index (χ4n) is 2.44. The van der Waals surface area contributed by atoms with E-state index in [1.807, 2.05) is 54.6 Å². The van der Waals surface area contributed by atoms with Gasteiger partial charge in [0.25, 0.3) is 0 Å². The first-order chi connectivity index (χ1) is 10.7. The van der Waals surface area contributed by atoms with Crippen molar-refractivity contribution < 1.29 is 9.90 Å². The molecule has 2 aromatic carbocycles. The molecule has 1 heterocycles. The molecule has 0 fully saturated rings. The molecule has 0 aliphatic rings. The summed E-state index contributed by atoms with van der Waals surface area (Å²) in [5, 5.41) is 12.4. The van der Waals surface area contributed by atoms with E-state index in [9.17, 15) is 4.79 Å². The van der Waals surface area contributed by atoms with Crippen molar-refractivity contribution in [3.63, 3.8) is 0 Å². The van der Waals surface area contributed by atoms with Gasteiger partial charge in [-0.1, -0.05) is 30.3 Å². The highest BCUT2D eigenvalue weighted by molar-refractivity contribution is 5.75. The molecule has 0 amide bonds. The van der Waals surface area contributed by atoms with E-state index in [4.69, 9.17) is 5.11 Å². The monoisotopic (exact) mass is 295 g/mol. The number of aliphatic carboxylic acids is 1. The number of carbonyl (C=O) groups is 1. The molecule has 3 rings (SSSR count). The molecule has 1 atom stereocenters. The van der Waals surface area contributed by atoms with Gasteiger partial charge < -0.3 is 15.4 Å². The summed E-state index contributed by atoms with van der Waals surface area (Å²) in [6.45, 7) is 0.510. The first-order valence-corrected chi connectivity index (χ1v) is 7.18. The van der Waals surface area contributed by atoms with Crippen molar-refractivity contribution in [3.8, 4) is 0 Å². The maximum Gasteiger partial charge on any atom is 0.304 e. The third-order valence-corrected chi connectivity index (χ3v) is 3.54. The quantitative estimate of drug-likeness (QED) is 0.652. The average molecular weight is 295 g/mol. The Morgan fingerprint density at radius 2 is 1.86 bits per heavy atom. The van der Waals surface area contributed by atoms with Crippen LogP contribution in [-0.2, 0) is 4.79 Å². The van der Waals surface area contributed by atoms with Crippen LogP contribution >= 0.6 is 0 Å². The Balaban J connectivity index is 1.81. The Morgan fingerprint density at radius 1 is 1.14 bits per heavy atom. The number of hydrogen-bond donors (Lipinski definition) is 3. The maximum atomic E-state index is 11.1. The van der Waals surface area contributed by atoms with Gasteiger partial charge >= 0.3 is 5.97 Å². The van der Waals surface area contributed by atoms with E-state index in [1.165, 1.54) is 0 Å². The number of imidazole rings is 1. The molecule has 5 nitrogen and oxygen atoms in total. The number of hydrogen-bond acceptors (Lipinski definition) is 3. The van der Waals surface area contributed by atoms with Crippen molar-refractivity contribution in [3.05, 3.63) is 60.4 Å². The van der Waals surface area contributed by atoms with Crippen LogP contribution in [-0.4, -0.2) is 27.6 Å². The van der Waals surface area contributed by atoms with Crippen LogP contribution in [0.1, 0.15) is 18.2 Å². The number of H-pyrrole nitrogens is 1. The zero-order chi connectivity index (χ0) is 15.4. The van der Waals surface area contributed by atoms with E-state index in [0.717, 1.165) is 16.7 Å². The topological polar surface area (TPSA) is 78.0 Å². The van der Waals surface area contributed by atoms with E-state index >= 15 is 0 Å². The Hall–Kier alpha value is -2.82. The fraction of sp³-hybridized carbons (Fsp3) is 0.176. The highest BCUT2D eigenvalue weighted by Gasteiger charge is 2.19. The molecular formula is C17H17N3O2. The first kappa shape index (κ1) is 14.1. The second-order valence-electron chi connectivity index (χ2n) is 5.18. The fourth-order valence-corrected chi connectivity index (χ4v) is 2.44. The number of nitrogens with zero attached hydrogens (tertiary/aromatic N) is 1. The molecule has 0 bridgehead atoms. The second-order valence-corrected chi connectivity index (χ2v) is 5.18. The van der Waals surface area contributed by atoms with Crippen LogP contribution in [0.2, 0.25) is 0 Å². The Bertz CT molecular complexity index is 735. The Kier molecular flexibility index (Phi) is 4.05. The summed E-state index contributed by atoms with van der Waals surface area (Å²) in [7, 11) is 0. The molecule has 22 heavy (non-hydrogen) atoms. The number of fused-ring (bicyclic) bond motifs is 1. The van der Waals surface area contributed by atoms with Crippen molar-refractivity contribution in [2.75, 3.05) is 11.9 Å². The molecule has 0 spiro atoms. The summed E-state index contributed by atoms with van der Waals surface area (Å²) >= 11 is 0. The van der Waals surface area contributed by atoms with Crippen molar-refractivity contribution in [1.82, 2.24) is 9.97 Å². The highest BCUT2D eigenvalue weighted by Crippen LogP contribution is 2.21. The second kappa shape index (κ2) is 6.30. The highest BCUT2D eigenvalue weighted by atomic mass is 16.4. The number of aromatic nitrogens is 2. The van der Waals surface area contributed by atoms with E-state index in [-0.39, 0.29) is 12.3 Å². The minimum absolute atomic E-state index is 0.0274. The van der Waals surface area contributed by atoms with Crippen LogP contribution < -0.4 is 5.32 Å². The number of aromatic amines is 1. The zero-order valence-electron chi connectivity index (χ0n) is 12.0. The van der Waals surface area contributed by atoms with Crippen LogP contribution in [0.5, 0.6) is 0 Å². The number of carboxylic acid groups (broad SMARTS) is 1. The van der Waals surface area contributed by atoms with Gasteiger partial charge in [-0.2, -0.15) is 0 Å². The predicted octanol–water partition coefficient (Wildman–Crippen LogP) is 3.23. The number of anilines is 1. The van der Waals surface area contributed by atoms with Crippen LogP contribution in [0.25, 0.3) is 11.0 Å². The predicted molar refractivity (Wildman–Crippen MR) is 86.0 cm³/mol. The summed E-state index contributed by atoms with van der Waals surface area (Å²) in [4.78, 5) is 18.9. The molecule has 0 radical (unpaired) electrons. The third kappa shape index (κ3) is 3.25. The Labute approximate surface area is 128 Å². The maximum absolute atomic E-state index is 11.1. The lowest BCUT2D eigenvalue weighted by atomic mass is 10.0. The van der Waals surface area contributed by atoms with Crippen molar-refractivity contribution in [2.45, 2.75) is 12.3 Å². The SMILES string of the molecule is O=C(O)CC(CNc1ccccc1)c1nc2ccccc2[nH]1. The summed E-state index contributed by atoms with van der Waals surface area (Å²) in [6.07, 6.45) is 0.0274. The standard InChI is InChI=1S/C17H17N3O2/c21-16(22)10-12(11-18-13-6-2-1-3-7-13)17-19-14-8-4-5-9-15(14)20-17/h1-9,12,18H,10-11H2,(H,19,20)(H,21,22). The lowest BCUT2D eigenvalue weighted by molar-refractivity contribution is -0.137. The van der Waals surface area contributed by atoms with Crippen LogP contribution in [0.3, 0.4) is 0 Å². The molecule has 5 heteroatoms. The molecule has 1 unspecified atom stereocenters. The lowest BCUT2D eigenvalue weighted by Gasteiger charge is -2.14. The summed E-state index contributed by atoms with van der Waals surface area (Å²) in [5.74, 6) is -0.350. The molecule has 3 N–H and O–H groups in total. The van der Waals surface area contributed by atoms with Gasteiger partial charge in [0.05, 0.1) is 17.5 Å². The van der Waals surface area contributed by atoms with Crippen molar-refractivity contribution in [2.24, 2.45) is 0 Å². The molecule has 112 valence electrons. The molecule has 0 aliphatic carbocycles. The smallest absolute Gasteiger partial charge is 0.304 e. The van der Waals surface area contributed by atoms with Crippen LogP contribution in [0.4, 0.5) is 5.69 Å². The number of nitrogens with one attached hydrogen (secondary N) is 2. The molecule has 0 saturated carbocycles. The van der Waals surface area contributed by atoms with E-state index in [0.29, 0.717) is 12.4 Å². The van der Waals surface area contributed by atoms with Gasteiger partial charge in [0.1, 0.15) is 5.82 Å². The van der Waals surface area contributed by atoms with Gasteiger partial charge in [-0.25, -0.2) is 4.98 Å². The molecule has 3 aromatic rings. The number of para-hydroxylation sites is 3. The number of benzene rings is 2. The zero-order valence-corrected chi connectivity index (χ0v) is 12.0. The third-order valence-electron chi connectivity index (χ3n) is 3.54. The van der Waals surface area contributed by atoms with Gasteiger partial charge in [0, 0.05) is 18.2 Å². The lowest BCUT2D eigenvalue weighted by Crippen LogP contribution is -2.17. The van der Waals surface area contributed by atoms with E-state index < -0.39 is 5.97 Å². The van der Waals surface area contributed by atoms with Gasteiger partial charge in [0.2, 0.25) is 0 Å². The van der Waals surface area contributed by atoms with Gasteiger partial charge in [0.15, 0.2) is 0 Å². The van der Waals surface area contributed by atoms with Crippen molar-refractivity contribution >= 4 is 22.7 Å². The van der Waals surface area contributed by atoms with Crippen LogP contribution in [0, 0.1) is 0 Å². The van der Waals surface area contributed by atoms with Gasteiger partial charge in [-0.05, 0) is 24.3 Å². The van der Waals surface area contributed by atoms with E-state index in [1.54, 1.807) is 0 Å².